The summed E-state index contributed by atoms with van der Waals surface area (Å²) in [6.45, 7) is 0. The summed E-state index contributed by atoms with van der Waals surface area (Å²) in [6, 6.07) is 15.9. The molecule has 0 saturated heterocycles. The molecule has 4 nitrogen and oxygen atoms in total. The lowest BCUT2D eigenvalue weighted by Gasteiger charge is -2.01. The molecule has 0 aliphatic carbocycles. The van der Waals surface area contributed by atoms with Gasteiger partial charge in [-0.1, -0.05) is 30.3 Å². The Labute approximate surface area is 105 Å². The van der Waals surface area contributed by atoms with Crippen LogP contribution in [0.3, 0.4) is 0 Å². The van der Waals surface area contributed by atoms with E-state index in [4.69, 9.17) is 5.21 Å². The second kappa shape index (κ2) is 5.75. The lowest BCUT2D eigenvalue weighted by molar-refractivity contribution is 0.103. The molecule has 90 valence electrons. The van der Waals surface area contributed by atoms with Crippen molar-refractivity contribution < 1.29 is 10.0 Å². The Morgan fingerprint density at radius 1 is 1.00 bits per heavy atom. The molecule has 0 aliphatic heterocycles. The average Bonchev–Trinajstić information content (AvgIpc) is 2.46. The molecule has 0 saturated carbocycles. The monoisotopic (exact) mass is 240 g/mol. The van der Waals surface area contributed by atoms with Crippen molar-refractivity contribution in [2.45, 2.75) is 0 Å². The van der Waals surface area contributed by atoms with Gasteiger partial charge in [0.25, 0.3) is 0 Å². The summed E-state index contributed by atoms with van der Waals surface area (Å²) < 4.78 is 0. The maximum absolute atomic E-state index is 12.1. The second-order valence-corrected chi connectivity index (χ2v) is 3.63. The molecule has 2 N–H and O–H groups in total. The molecule has 0 spiro atoms. The van der Waals surface area contributed by atoms with Crippen molar-refractivity contribution >= 4 is 17.8 Å². The molecular weight excluding hydrogens is 228 g/mol. The summed E-state index contributed by atoms with van der Waals surface area (Å²) in [5.74, 6) is -0.0218. The average molecular weight is 240 g/mol. The maximum atomic E-state index is 12.1. The Morgan fingerprint density at radius 3 is 2.22 bits per heavy atom. The molecule has 4 heteroatoms. The third kappa shape index (κ3) is 2.81. The number of aliphatic imine (C=N–C) groups is 1. The van der Waals surface area contributed by atoms with Gasteiger partial charge in [-0.25, -0.2) is 4.99 Å². The zero-order valence-corrected chi connectivity index (χ0v) is 9.58. The van der Waals surface area contributed by atoms with Crippen LogP contribution in [0.2, 0.25) is 0 Å². The van der Waals surface area contributed by atoms with Gasteiger partial charge in [0.15, 0.2) is 5.78 Å². The number of hydrogen-bond donors (Lipinski definition) is 2. The summed E-state index contributed by atoms with van der Waals surface area (Å²) in [5, 5.41) is 8.37. The zero-order valence-electron chi connectivity index (χ0n) is 9.58. The van der Waals surface area contributed by atoms with Crippen LogP contribution in [0.25, 0.3) is 0 Å². The molecule has 0 heterocycles. The number of hydroxylamine groups is 1. The number of hydrogen-bond acceptors (Lipinski definition) is 3. The number of rotatable bonds is 4. The molecule has 0 aromatic heterocycles. The lowest BCUT2D eigenvalue weighted by atomic mass is 10.0. The lowest BCUT2D eigenvalue weighted by Crippen LogP contribution is -2.01. The van der Waals surface area contributed by atoms with E-state index in [0.29, 0.717) is 16.8 Å². The first-order valence-electron chi connectivity index (χ1n) is 5.43. The summed E-state index contributed by atoms with van der Waals surface area (Å²) in [7, 11) is 0. The van der Waals surface area contributed by atoms with Crippen molar-refractivity contribution in [1.29, 1.82) is 0 Å². The molecule has 0 aliphatic rings. The highest BCUT2D eigenvalue weighted by Crippen LogP contribution is 2.15. The number of carbonyl (C=O) groups excluding carboxylic acids is 1. The highest BCUT2D eigenvalue weighted by molar-refractivity contribution is 6.09. The predicted molar refractivity (Wildman–Crippen MR) is 69.4 cm³/mol. The van der Waals surface area contributed by atoms with Gasteiger partial charge < -0.3 is 0 Å². The van der Waals surface area contributed by atoms with Crippen molar-refractivity contribution in [3.8, 4) is 0 Å². The highest BCUT2D eigenvalue weighted by Gasteiger charge is 2.07. The Balaban J connectivity index is 2.20. The van der Waals surface area contributed by atoms with Gasteiger partial charge in [-0.05, 0) is 24.3 Å². The van der Waals surface area contributed by atoms with Gasteiger partial charge in [0.2, 0.25) is 0 Å². The zero-order chi connectivity index (χ0) is 12.8. The van der Waals surface area contributed by atoms with Crippen LogP contribution in [0, 0.1) is 0 Å². The molecule has 0 unspecified atom stereocenters. The minimum Gasteiger partial charge on any atom is -0.290 e. The molecule has 0 bridgehead atoms. The normalized spacial score (nSPS) is 10.5. The van der Waals surface area contributed by atoms with Crippen LogP contribution in [0.4, 0.5) is 5.69 Å². The Kier molecular flexibility index (Phi) is 3.83. The number of benzene rings is 2. The number of nitrogens with zero attached hydrogens (tertiary/aromatic N) is 1. The Morgan fingerprint density at radius 2 is 1.61 bits per heavy atom. The van der Waals surface area contributed by atoms with Crippen LogP contribution in [-0.2, 0) is 0 Å². The van der Waals surface area contributed by atoms with Gasteiger partial charge in [-0.3, -0.25) is 15.5 Å². The SMILES string of the molecule is O=C(c1ccccc1)c1ccc(N=CNO)cc1. The van der Waals surface area contributed by atoms with E-state index in [1.165, 1.54) is 0 Å². The fourth-order valence-electron chi connectivity index (χ4n) is 1.56. The van der Waals surface area contributed by atoms with E-state index in [2.05, 4.69) is 4.99 Å². The minimum atomic E-state index is -0.0218. The van der Waals surface area contributed by atoms with E-state index in [0.717, 1.165) is 6.34 Å². The van der Waals surface area contributed by atoms with Crippen molar-refractivity contribution in [2.75, 3.05) is 0 Å². The summed E-state index contributed by atoms with van der Waals surface area (Å²) in [4.78, 5) is 16.0. The van der Waals surface area contributed by atoms with E-state index in [-0.39, 0.29) is 5.78 Å². The van der Waals surface area contributed by atoms with E-state index >= 15 is 0 Å². The van der Waals surface area contributed by atoms with Crippen LogP contribution in [-0.4, -0.2) is 17.3 Å². The van der Waals surface area contributed by atoms with Crippen LogP contribution >= 0.6 is 0 Å². The molecule has 0 atom stereocenters. The second-order valence-electron chi connectivity index (χ2n) is 3.63. The van der Waals surface area contributed by atoms with Crippen LogP contribution < -0.4 is 5.48 Å². The molecule has 0 fully saturated rings. The first-order valence-corrected chi connectivity index (χ1v) is 5.43. The first-order chi connectivity index (χ1) is 8.81. The topological polar surface area (TPSA) is 61.7 Å². The van der Waals surface area contributed by atoms with Gasteiger partial charge in [-0.15, -0.1) is 0 Å². The number of ketones is 1. The smallest absolute Gasteiger partial charge is 0.193 e. The van der Waals surface area contributed by atoms with Crippen molar-refractivity contribution in [3.63, 3.8) is 0 Å². The van der Waals surface area contributed by atoms with Crippen LogP contribution in [0.5, 0.6) is 0 Å². The van der Waals surface area contributed by atoms with Gasteiger partial charge in [0.05, 0.1) is 5.69 Å². The van der Waals surface area contributed by atoms with Crippen molar-refractivity contribution in [2.24, 2.45) is 4.99 Å². The van der Waals surface area contributed by atoms with Gasteiger partial charge in [0.1, 0.15) is 6.34 Å². The van der Waals surface area contributed by atoms with Crippen molar-refractivity contribution in [1.82, 2.24) is 5.48 Å². The summed E-state index contributed by atoms with van der Waals surface area (Å²) >= 11 is 0. The molecule has 2 aromatic rings. The van der Waals surface area contributed by atoms with Crippen LogP contribution in [0.15, 0.2) is 59.6 Å². The standard InChI is InChI=1S/C14H12N2O2/c17-14(11-4-2-1-3-5-11)12-6-8-13(9-7-12)15-10-16-18/h1-10,18H,(H,15,16). The quantitative estimate of drug-likeness (QED) is 0.373. The molecule has 0 amide bonds. The van der Waals surface area contributed by atoms with Crippen molar-refractivity contribution in [3.05, 3.63) is 65.7 Å². The molecular formula is C14H12N2O2. The molecule has 2 rings (SSSR count). The maximum Gasteiger partial charge on any atom is 0.193 e. The fraction of sp³-hybridized carbons (Fsp3) is 0. The van der Waals surface area contributed by atoms with E-state index in [1.54, 1.807) is 36.4 Å². The van der Waals surface area contributed by atoms with E-state index in [1.807, 2.05) is 23.7 Å². The Bertz CT molecular complexity index is 548. The fourth-order valence-corrected chi connectivity index (χ4v) is 1.56. The number of nitrogens with one attached hydrogen (secondary N) is 1. The first kappa shape index (κ1) is 12.0. The molecule has 18 heavy (non-hydrogen) atoms. The van der Waals surface area contributed by atoms with Gasteiger partial charge in [-0.2, -0.15) is 0 Å². The van der Waals surface area contributed by atoms with Gasteiger partial charge >= 0.3 is 0 Å². The third-order valence-corrected chi connectivity index (χ3v) is 2.44. The van der Waals surface area contributed by atoms with Crippen LogP contribution in [0.1, 0.15) is 15.9 Å². The Hall–Kier alpha value is -2.46. The molecule has 2 aromatic carbocycles. The summed E-state index contributed by atoms with van der Waals surface area (Å²) in [6.07, 6.45) is 1.16. The third-order valence-electron chi connectivity index (χ3n) is 2.44. The highest BCUT2D eigenvalue weighted by atomic mass is 16.5. The largest absolute Gasteiger partial charge is 0.290 e. The molecule has 0 radical (unpaired) electrons. The van der Waals surface area contributed by atoms with E-state index < -0.39 is 0 Å². The van der Waals surface area contributed by atoms with E-state index in [9.17, 15) is 4.79 Å². The number of carbonyl (C=O) groups is 1. The van der Waals surface area contributed by atoms with Gasteiger partial charge in [0, 0.05) is 11.1 Å². The minimum absolute atomic E-state index is 0.0218. The predicted octanol–water partition coefficient (Wildman–Crippen LogP) is 2.56. The summed E-state index contributed by atoms with van der Waals surface area (Å²) in [5.41, 5.74) is 3.74.